The monoisotopic (exact) mass is 178 g/mol. The van der Waals surface area contributed by atoms with Gasteiger partial charge in [-0.05, 0) is 19.3 Å². The van der Waals surface area contributed by atoms with E-state index in [0.29, 0.717) is 5.92 Å². The van der Waals surface area contributed by atoms with Gasteiger partial charge < -0.3 is 0 Å². The van der Waals surface area contributed by atoms with Gasteiger partial charge in [0, 0.05) is 0 Å². The van der Waals surface area contributed by atoms with E-state index in [1.807, 2.05) is 13.0 Å². The van der Waals surface area contributed by atoms with Gasteiger partial charge >= 0.3 is 0 Å². The van der Waals surface area contributed by atoms with Gasteiger partial charge in [-0.15, -0.1) is 0 Å². The summed E-state index contributed by atoms with van der Waals surface area (Å²) in [5.41, 5.74) is 2.31. The van der Waals surface area contributed by atoms with Crippen molar-refractivity contribution in [3.05, 3.63) is 36.5 Å². The Morgan fingerprint density at radius 2 is 1.92 bits per heavy atom. The number of allylic oxidation sites excluding steroid dienone is 4. The number of hydrogen-bond donors (Lipinski definition) is 0. The fraction of sp³-hybridized carbons (Fsp3) is 0.538. The van der Waals surface area contributed by atoms with Crippen LogP contribution < -0.4 is 0 Å². The first kappa shape index (κ1) is 12.2. The minimum Gasteiger partial charge on any atom is -0.0961 e. The van der Waals surface area contributed by atoms with Crippen LogP contribution in [0.1, 0.15) is 40.0 Å². The summed E-state index contributed by atoms with van der Waals surface area (Å²) in [6.45, 7) is 14.3. The molecule has 0 bridgehead atoms. The highest BCUT2D eigenvalue weighted by Crippen LogP contribution is 2.17. The van der Waals surface area contributed by atoms with Crippen molar-refractivity contribution in [1.82, 2.24) is 0 Å². The van der Waals surface area contributed by atoms with Gasteiger partial charge in [0.25, 0.3) is 0 Å². The maximum Gasteiger partial charge on any atom is -0.0196 e. The first-order valence-corrected chi connectivity index (χ1v) is 5.10. The van der Waals surface area contributed by atoms with Crippen molar-refractivity contribution in [3.8, 4) is 0 Å². The zero-order chi connectivity index (χ0) is 10.3. The maximum atomic E-state index is 4.05. The van der Waals surface area contributed by atoms with Crippen LogP contribution in [-0.4, -0.2) is 0 Å². The molecular formula is C13H22. The lowest BCUT2D eigenvalue weighted by atomic mass is 9.96. The van der Waals surface area contributed by atoms with Crippen LogP contribution in [0.15, 0.2) is 36.5 Å². The molecule has 0 saturated carbocycles. The Kier molecular flexibility index (Phi) is 6.30. The molecule has 0 saturated heterocycles. The van der Waals surface area contributed by atoms with Crippen molar-refractivity contribution in [2.75, 3.05) is 0 Å². The SMILES string of the molecule is C=C(C)/C=C\C(=C)C(C)CCCC. The summed E-state index contributed by atoms with van der Waals surface area (Å²) in [4.78, 5) is 0. The molecule has 0 aromatic rings. The van der Waals surface area contributed by atoms with Crippen LogP contribution >= 0.6 is 0 Å². The van der Waals surface area contributed by atoms with Crippen LogP contribution in [0.2, 0.25) is 0 Å². The van der Waals surface area contributed by atoms with E-state index < -0.39 is 0 Å². The standard InChI is InChI=1S/C13H22/c1-6-7-8-12(4)13(5)10-9-11(2)3/h9-10,12H,2,5-8H2,1,3-4H3/b10-9-. The lowest BCUT2D eigenvalue weighted by Crippen LogP contribution is -1.95. The average molecular weight is 178 g/mol. The lowest BCUT2D eigenvalue weighted by molar-refractivity contribution is 0.582. The van der Waals surface area contributed by atoms with Crippen molar-refractivity contribution < 1.29 is 0 Å². The molecule has 0 aliphatic carbocycles. The number of hydrogen-bond acceptors (Lipinski definition) is 0. The second kappa shape index (κ2) is 6.71. The van der Waals surface area contributed by atoms with Crippen LogP contribution in [0.5, 0.6) is 0 Å². The van der Waals surface area contributed by atoms with E-state index in [2.05, 4.69) is 33.1 Å². The summed E-state index contributed by atoms with van der Waals surface area (Å²) >= 11 is 0. The average Bonchev–Trinajstić information content (AvgIpc) is 2.10. The fourth-order valence-corrected chi connectivity index (χ4v) is 1.11. The normalized spacial score (nSPS) is 13.2. The Labute approximate surface area is 83.0 Å². The van der Waals surface area contributed by atoms with Crippen LogP contribution in [0.4, 0.5) is 0 Å². The second-order valence-electron chi connectivity index (χ2n) is 3.80. The summed E-state index contributed by atoms with van der Waals surface area (Å²) in [5, 5.41) is 0. The van der Waals surface area contributed by atoms with Gasteiger partial charge in [0.15, 0.2) is 0 Å². The Balaban J connectivity index is 3.89. The van der Waals surface area contributed by atoms with Gasteiger partial charge in [-0.1, -0.05) is 63.1 Å². The van der Waals surface area contributed by atoms with Gasteiger partial charge in [-0.25, -0.2) is 0 Å². The first-order valence-electron chi connectivity index (χ1n) is 5.10. The summed E-state index contributed by atoms with van der Waals surface area (Å²) in [6, 6.07) is 0. The molecule has 0 fully saturated rings. The number of unbranched alkanes of at least 4 members (excludes halogenated alkanes) is 1. The molecule has 0 radical (unpaired) electrons. The van der Waals surface area contributed by atoms with E-state index in [-0.39, 0.29) is 0 Å². The molecule has 1 atom stereocenters. The minimum atomic E-state index is 0.607. The van der Waals surface area contributed by atoms with Crippen molar-refractivity contribution in [2.45, 2.75) is 40.0 Å². The Morgan fingerprint density at radius 3 is 2.38 bits per heavy atom. The van der Waals surface area contributed by atoms with Crippen LogP contribution in [0, 0.1) is 5.92 Å². The molecule has 0 aliphatic heterocycles. The molecule has 0 N–H and O–H groups in total. The molecule has 0 amide bonds. The van der Waals surface area contributed by atoms with Crippen molar-refractivity contribution in [3.63, 3.8) is 0 Å². The van der Waals surface area contributed by atoms with E-state index in [4.69, 9.17) is 0 Å². The molecule has 0 aromatic heterocycles. The highest BCUT2D eigenvalue weighted by molar-refractivity contribution is 5.24. The highest BCUT2D eigenvalue weighted by atomic mass is 14.1. The van der Waals surface area contributed by atoms with E-state index in [0.717, 1.165) is 5.57 Å². The quantitative estimate of drug-likeness (QED) is 0.525. The molecule has 0 rings (SSSR count). The number of rotatable bonds is 6. The lowest BCUT2D eigenvalue weighted by Gasteiger charge is -2.10. The predicted molar refractivity (Wildman–Crippen MR) is 61.8 cm³/mol. The van der Waals surface area contributed by atoms with Gasteiger partial charge in [0.05, 0.1) is 0 Å². The van der Waals surface area contributed by atoms with E-state index in [9.17, 15) is 0 Å². The molecule has 0 nitrogen and oxygen atoms in total. The van der Waals surface area contributed by atoms with Crippen LogP contribution in [-0.2, 0) is 0 Å². The predicted octanol–water partition coefficient (Wildman–Crippen LogP) is 4.50. The molecule has 1 unspecified atom stereocenters. The Morgan fingerprint density at radius 1 is 1.31 bits per heavy atom. The zero-order valence-corrected chi connectivity index (χ0v) is 9.27. The fourth-order valence-electron chi connectivity index (χ4n) is 1.11. The Hall–Kier alpha value is -0.780. The van der Waals surface area contributed by atoms with Gasteiger partial charge in [-0.3, -0.25) is 0 Å². The largest absolute Gasteiger partial charge is 0.0961 e. The second-order valence-corrected chi connectivity index (χ2v) is 3.80. The van der Waals surface area contributed by atoms with Crippen molar-refractivity contribution in [2.24, 2.45) is 5.92 Å². The summed E-state index contributed by atoms with van der Waals surface area (Å²) in [7, 11) is 0. The van der Waals surface area contributed by atoms with Crippen molar-refractivity contribution in [1.29, 1.82) is 0 Å². The highest BCUT2D eigenvalue weighted by Gasteiger charge is 2.02. The molecule has 0 aliphatic rings. The molecule has 13 heavy (non-hydrogen) atoms. The molecule has 0 heterocycles. The topological polar surface area (TPSA) is 0 Å². The molecule has 0 aromatic carbocycles. The maximum absolute atomic E-state index is 4.05. The van der Waals surface area contributed by atoms with Gasteiger partial charge in [0.1, 0.15) is 0 Å². The minimum absolute atomic E-state index is 0.607. The van der Waals surface area contributed by atoms with Crippen molar-refractivity contribution >= 4 is 0 Å². The third kappa shape index (κ3) is 6.39. The Bertz CT molecular complexity index is 196. The molecule has 0 heteroatoms. The van der Waals surface area contributed by atoms with Gasteiger partial charge in [0.2, 0.25) is 0 Å². The first-order chi connectivity index (χ1) is 6.07. The van der Waals surface area contributed by atoms with Crippen LogP contribution in [0.3, 0.4) is 0 Å². The third-order valence-electron chi connectivity index (χ3n) is 2.21. The zero-order valence-electron chi connectivity index (χ0n) is 9.27. The van der Waals surface area contributed by atoms with Gasteiger partial charge in [-0.2, -0.15) is 0 Å². The third-order valence-corrected chi connectivity index (χ3v) is 2.21. The van der Waals surface area contributed by atoms with E-state index >= 15 is 0 Å². The molecular weight excluding hydrogens is 156 g/mol. The molecule has 74 valence electrons. The molecule has 0 spiro atoms. The smallest absolute Gasteiger partial charge is 0.0196 e. The van der Waals surface area contributed by atoms with Crippen LogP contribution in [0.25, 0.3) is 0 Å². The van der Waals surface area contributed by atoms with E-state index in [1.54, 1.807) is 0 Å². The summed E-state index contributed by atoms with van der Waals surface area (Å²) in [5.74, 6) is 0.607. The van der Waals surface area contributed by atoms with E-state index in [1.165, 1.54) is 24.8 Å². The summed E-state index contributed by atoms with van der Waals surface area (Å²) < 4.78 is 0. The summed E-state index contributed by atoms with van der Waals surface area (Å²) in [6.07, 6.45) is 7.92.